The van der Waals surface area contributed by atoms with E-state index in [0.29, 0.717) is 18.7 Å². The second-order valence-corrected chi connectivity index (χ2v) is 9.94. The maximum absolute atomic E-state index is 13.3. The lowest BCUT2D eigenvalue weighted by molar-refractivity contribution is 0.0729. The summed E-state index contributed by atoms with van der Waals surface area (Å²) < 4.78 is 27.7. The van der Waals surface area contributed by atoms with Crippen LogP contribution in [0.3, 0.4) is 0 Å². The number of nitrogens with zero attached hydrogens (tertiary/aromatic N) is 3. The highest BCUT2D eigenvalue weighted by Crippen LogP contribution is 2.17. The number of nitrogens with one attached hydrogen (secondary N) is 1. The van der Waals surface area contributed by atoms with Crippen molar-refractivity contribution in [2.75, 3.05) is 0 Å². The van der Waals surface area contributed by atoms with Crippen LogP contribution in [0.15, 0.2) is 78.2 Å². The highest BCUT2D eigenvalue weighted by molar-refractivity contribution is 7.89. The van der Waals surface area contributed by atoms with Crippen molar-refractivity contribution in [3.05, 3.63) is 90.0 Å². The number of hydrogen-bond acceptors (Lipinski definition) is 5. The van der Waals surface area contributed by atoms with Crippen LogP contribution in [0.25, 0.3) is 0 Å². The standard InChI is InChI=1S/C23H26N4O3S/c1-23(2,3)26-31(29,30)21-8-6-20(7-9-21)22(28)27(16-18-10-13-24-14-11-18)17-19-5-4-12-25-15-19/h4-15,26H,16-17H2,1-3H3. The predicted octanol–water partition coefficient (Wildman–Crippen LogP) is 3.40. The molecular weight excluding hydrogens is 412 g/mol. The smallest absolute Gasteiger partial charge is 0.254 e. The number of pyridine rings is 2. The van der Waals surface area contributed by atoms with Gasteiger partial charge in [-0.2, -0.15) is 0 Å². The van der Waals surface area contributed by atoms with Crippen LogP contribution in [0.4, 0.5) is 0 Å². The molecular formula is C23H26N4O3S. The Kier molecular flexibility index (Phi) is 6.82. The Bertz CT molecular complexity index is 1070. The zero-order valence-corrected chi connectivity index (χ0v) is 18.6. The number of carbonyl (C=O) groups is 1. The van der Waals surface area contributed by atoms with E-state index < -0.39 is 15.6 Å². The van der Waals surface area contributed by atoms with E-state index in [4.69, 9.17) is 0 Å². The maximum Gasteiger partial charge on any atom is 0.254 e. The van der Waals surface area contributed by atoms with Gasteiger partial charge in [0.25, 0.3) is 5.91 Å². The lowest BCUT2D eigenvalue weighted by Crippen LogP contribution is -2.40. The fraction of sp³-hybridized carbons (Fsp3) is 0.261. The van der Waals surface area contributed by atoms with Crippen LogP contribution in [0, 0.1) is 0 Å². The molecule has 3 rings (SSSR count). The second-order valence-electron chi connectivity index (χ2n) is 8.26. The molecule has 31 heavy (non-hydrogen) atoms. The van der Waals surface area contributed by atoms with Crippen LogP contribution in [0.5, 0.6) is 0 Å². The molecule has 0 unspecified atom stereocenters. The van der Waals surface area contributed by atoms with Crippen molar-refractivity contribution >= 4 is 15.9 Å². The van der Waals surface area contributed by atoms with Gasteiger partial charge in [-0.1, -0.05) is 6.07 Å². The highest BCUT2D eigenvalue weighted by Gasteiger charge is 2.23. The van der Waals surface area contributed by atoms with Crippen molar-refractivity contribution in [1.29, 1.82) is 0 Å². The molecule has 3 aromatic rings. The number of hydrogen-bond donors (Lipinski definition) is 1. The zero-order valence-electron chi connectivity index (χ0n) is 17.8. The minimum atomic E-state index is -3.67. The zero-order chi connectivity index (χ0) is 22.5. The summed E-state index contributed by atoms with van der Waals surface area (Å²) in [4.78, 5) is 23.2. The van der Waals surface area contributed by atoms with Gasteiger partial charge in [-0.25, -0.2) is 13.1 Å². The Labute approximate surface area is 183 Å². The maximum atomic E-state index is 13.3. The topological polar surface area (TPSA) is 92.3 Å². The summed E-state index contributed by atoms with van der Waals surface area (Å²) >= 11 is 0. The van der Waals surface area contributed by atoms with Gasteiger partial charge in [0.2, 0.25) is 10.0 Å². The Morgan fingerprint density at radius 3 is 2.13 bits per heavy atom. The summed E-state index contributed by atoms with van der Waals surface area (Å²) in [5, 5.41) is 0. The van der Waals surface area contributed by atoms with Gasteiger partial charge in [0, 0.05) is 49.0 Å². The van der Waals surface area contributed by atoms with Gasteiger partial charge >= 0.3 is 0 Å². The summed E-state index contributed by atoms with van der Waals surface area (Å²) in [7, 11) is -3.67. The highest BCUT2D eigenvalue weighted by atomic mass is 32.2. The van der Waals surface area contributed by atoms with Gasteiger partial charge < -0.3 is 4.90 Å². The van der Waals surface area contributed by atoms with E-state index in [9.17, 15) is 13.2 Å². The molecule has 8 heteroatoms. The molecule has 162 valence electrons. The number of rotatable bonds is 7. The third kappa shape index (κ3) is 6.44. The molecule has 0 aliphatic heterocycles. The Morgan fingerprint density at radius 2 is 1.55 bits per heavy atom. The first kappa shape index (κ1) is 22.6. The predicted molar refractivity (Wildman–Crippen MR) is 119 cm³/mol. The Morgan fingerprint density at radius 1 is 0.903 bits per heavy atom. The lowest BCUT2D eigenvalue weighted by Gasteiger charge is -2.23. The number of aromatic nitrogens is 2. The molecule has 2 heterocycles. The summed E-state index contributed by atoms with van der Waals surface area (Å²) in [6, 6.07) is 13.4. The van der Waals surface area contributed by atoms with Gasteiger partial charge in [-0.3, -0.25) is 14.8 Å². The number of sulfonamides is 1. The number of amides is 1. The number of benzene rings is 1. The quantitative estimate of drug-likeness (QED) is 0.610. The largest absolute Gasteiger partial charge is 0.330 e. The van der Waals surface area contributed by atoms with Crippen molar-refractivity contribution in [3.63, 3.8) is 0 Å². The van der Waals surface area contributed by atoms with E-state index >= 15 is 0 Å². The van der Waals surface area contributed by atoms with Gasteiger partial charge in [0.15, 0.2) is 0 Å². The molecule has 0 bridgehead atoms. The van der Waals surface area contributed by atoms with E-state index in [2.05, 4.69) is 14.7 Å². The molecule has 1 amide bonds. The fourth-order valence-electron chi connectivity index (χ4n) is 3.04. The first-order valence-electron chi connectivity index (χ1n) is 9.85. The van der Waals surface area contributed by atoms with E-state index in [1.54, 1.807) is 62.6 Å². The van der Waals surface area contributed by atoms with Crippen molar-refractivity contribution in [2.45, 2.75) is 44.3 Å². The lowest BCUT2D eigenvalue weighted by atomic mass is 10.1. The molecule has 0 radical (unpaired) electrons. The fourth-order valence-corrected chi connectivity index (χ4v) is 4.46. The summed E-state index contributed by atoms with van der Waals surface area (Å²) in [5.74, 6) is -0.201. The van der Waals surface area contributed by atoms with Crippen LogP contribution >= 0.6 is 0 Å². The normalized spacial score (nSPS) is 11.8. The molecule has 0 atom stereocenters. The SMILES string of the molecule is CC(C)(C)NS(=O)(=O)c1ccc(C(=O)N(Cc2ccncc2)Cc2cccnc2)cc1. The van der Waals surface area contributed by atoms with Crippen LogP contribution in [0.1, 0.15) is 42.3 Å². The monoisotopic (exact) mass is 438 g/mol. The summed E-state index contributed by atoms with van der Waals surface area (Å²) in [6.45, 7) is 6.09. The average molecular weight is 439 g/mol. The van der Waals surface area contributed by atoms with Gasteiger partial charge in [0.1, 0.15) is 0 Å². The summed E-state index contributed by atoms with van der Waals surface area (Å²) in [5.41, 5.74) is 1.66. The van der Waals surface area contributed by atoms with Crippen molar-refractivity contribution in [3.8, 4) is 0 Å². The first-order chi connectivity index (χ1) is 14.6. The minimum Gasteiger partial charge on any atom is -0.330 e. The van der Waals surface area contributed by atoms with E-state index in [1.165, 1.54) is 12.1 Å². The molecule has 7 nitrogen and oxygen atoms in total. The molecule has 1 N–H and O–H groups in total. The molecule has 0 spiro atoms. The van der Waals surface area contributed by atoms with Crippen LogP contribution in [-0.4, -0.2) is 34.7 Å². The molecule has 0 aliphatic rings. The molecule has 0 aliphatic carbocycles. The van der Waals surface area contributed by atoms with Gasteiger partial charge in [0.05, 0.1) is 4.90 Å². The van der Waals surface area contributed by atoms with E-state index in [1.807, 2.05) is 24.3 Å². The second kappa shape index (κ2) is 9.36. The molecule has 2 aromatic heterocycles. The van der Waals surface area contributed by atoms with Gasteiger partial charge in [-0.05, 0) is 74.4 Å². The van der Waals surface area contributed by atoms with E-state index in [-0.39, 0.29) is 10.8 Å². The van der Waals surface area contributed by atoms with Crippen molar-refractivity contribution in [2.24, 2.45) is 0 Å². The Hall–Kier alpha value is -3.10. The van der Waals surface area contributed by atoms with Crippen molar-refractivity contribution < 1.29 is 13.2 Å². The van der Waals surface area contributed by atoms with Crippen molar-refractivity contribution in [1.82, 2.24) is 19.6 Å². The van der Waals surface area contributed by atoms with Crippen LogP contribution in [0.2, 0.25) is 0 Å². The molecule has 0 saturated heterocycles. The summed E-state index contributed by atoms with van der Waals surface area (Å²) in [6.07, 6.45) is 6.78. The first-order valence-corrected chi connectivity index (χ1v) is 11.3. The van der Waals surface area contributed by atoms with Crippen LogP contribution < -0.4 is 4.72 Å². The van der Waals surface area contributed by atoms with E-state index in [0.717, 1.165) is 11.1 Å². The minimum absolute atomic E-state index is 0.118. The molecule has 0 saturated carbocycles. The molecule has 1 aromatic carbocycles. The third-order valence-electron chi connectivity index (χ3n) is 4.36. The molecule has 0 fully saturated rings. The third-order valence-corrected chi connectivity index (χ3v) is 6.13. The average Bonchev–Trinajstić information content (AvgIpc) is 2.73. The Balaban J connectivity index is 1.85. The van der Waals surface area contributed by atoms with Gasteiger partial charge in [-0.15, -0.1) is 0 Å². The number of carbonyl (C=O) groups excluding carboxylic acids is 1. The van der Waals surface area contributed by atoms with Crippen LogP contribution in [-0.2, 0) is 23.1 Å².